The van der Waals surface area contributed by atoms with Gasteiger partial charge in [-0.1, -0.05) is 11.8 Å². The molecular formula is C20H31NO5S. The van der Waals surface area contributed by atoms with E-state index in [1.54, 1.807) is 0 Å². The maximum absolute atomic E-state index is 12.5. The van der Waals surface area contributed by atoms with Crippen LogP contribution in [0.5, 0.6) is 0 Å². The molecule has 6 nitrogen and oxygen atoms in total. The number of rotatable bonds is 6. The molecule has 2 saturated heterocycles. The maximum Gasteiger partial charge on any atom is 0.310 e. The summed E-state index contributed by atoms with van der Waals surface area (Å²) in [4.78, 5) is 24.9. The molecule has 0 aromatic rings. The van der Waals surface area contributed by atoms with Crippen molar-refractivity contribution in [3.05, 3.63) is 0 Å². The fourth-order valence-electron chi connectivity index (χ4n) is 4.67. The van der Waals surface area contributed by atoms with Crippen molar-refractivity contribution in [2.45, 2.75) is 100 Å². The van der Waals surface area contributed by atoms with Gasteiger partial charge in [0.2, 0.25) is 5.91 Å². The monoisotopic (exact) mass is 397 g/mol. The Balaban J connectivity index is 1.17. The lowest BCUT2D eigenvalue weighted by Gasteiger charge is -2.26. The van der Waals surface area contributed by atoms with Gasteiger partial charge in [-0.15, -0.1) is 0 Å². The molecule has 1 amide bonds. The molecule has 4 fully saturated rings. The largest absolute Gasteiger partial charge is 0.451 e. The normalized spacial score (nSPS) is 44.3. The summed E-state index contributed by atoms with van der Waals surface area (Å²) in [5, 5.41) is 2.96. The van der Waals surface area contributed by atoms with Crippen molar-refractivity contribution < 1.29 is 23.8 Å². The Morgan fingerprint density at radius 3 is 2.19 bits per heavy atom. The van der Waals surface area contributed by atoms with Crippen LogP contribution in [-0.2, 0) is 23.8 Å². The average Bonchev–Trinajstić information content (AvgIpc) is 3.45. The third-order valence-corrected chi connectivity index (χ3v) is 7.78. The Bertz CT molecular complexity index is 577. The summed E-state index contributed by atoms with van der Waals surface area (Å²) in [6.45, 7) is 8.06. The van der Waals surface area contributed by atoms with Crippen molar-refractivity contribution in [2.24, 2.45) is 11.8 Å². The highest BCUT2D eigenvalue weighted by molar-refractivity contribution is 8.00. The van der Waals surface area contributed by atoms with Crippen molar-refractivity contribution in [3.8, 4) is 0 Å². The molecule has 2 saturated carbocycles. The summed E-state index contributed by atoms with van der Waals surface area (Å²) in [7, 11) is 0. The van der Waals surface area contributed by atoms with E-state index in [2.05, 4.69) is 19.2 Å². The predicted octanol–water partition coefficient (Wildman–Crippen LogP) is 2.99. The standard InChI is InChI=1S/C20H31NO5S/c1-11(21-17(22)13-5-7-19(3)15(9-13)25-19)27-12(2)24-18(23)14-6-8-20(4)16(10-14)26-20/h11-16H,5-10H2,1-4H3,(H,21,22). The summed E-state index contributed by atoms with van der Waals surface area (Å²) in [6, 6.07) is 0. The minimum atomic E-state index is -0.289. The van der Waals surface area contributed by atoms with Crippen LogP contribution in [0.1, 0.15) is 66.2 Å². The predicted molar refractivity (Wildman–Crippen MR) is 102 cm³/mol. The molecule has 4 rings (SSSR count). The molecule has 0 radical (unpaired) electrons. The number of hydrogen-bond donors (Lipinski definition) is 1. The highest BCUT2D eigenvalue weighted by Crippen LogP contribution is 2.50. The van der Waals surface area contributed by atoms with Crippen LogP contribution in [0, 0.1) is 11.8 Å². The minimum absolute atomic E-state index is 0.0119. The van der Waals surface area contributed by atoms with Crippen LogP contribution in [-0.4, -0.2) is 46.1 Å². The van der Waals surface area contributed by atoms with Gasteiger partial charge in [0, 0.05) is 5.92 Å². The molecule has 8 unspecified atom stereocenters. The molecule has 0 aromatic carbocycles. The van der Waals surface area contributed by atoms with E-state index in [9.17, 15) is 9.59 Å². The summed E-state index contributed by atoms with van der Waals surface area (Å²) in [6.07, 6.45) is 5.64. The lowest BCUT2D eigenvalue weighted by molar-refractivity contribution is -0.150. The third-order valence-electron chi connectivity index (χ3n) is 6.77. The molecule has 4 aliphatic rings. The number of thioether (sulfide) groups is 1. The van der Waals surface area contributed by atoms with Crippen LogP contribution < -0.4 is 5.32 Å². The van der Waals surface area contributed by atoms with Gasteiger partial charge in [0.15, 0.2) is 0 Å². The van der Waals surface area contributed by atoms with Crippen LogP contribution in [0.25, 0.3) is 0 Å². The third kappa shape index (κ3) is 4.15. The van der Waals surface area contributed by atoms with Gasteiger partial charge >= 0.3 is 5.97 Å². The van der Waals surface area contributed by atoms with E-state index >= 15 is 0 Å². The summed E-state index contributed by atoms with van der Waals surface area (Å²) in [5.41, 5.74) is -0.248. The number of carbonyl (C=O) groups excluding carboxylic acids is 2. The second-order valence-corrected chi connectivity index (χ2v) is 10.7. The first kappa shape index (κ1) is 19.5. The first-order valence-corrected chi connectivity index (χ1v) is 11.1. The Morgan fingerprint density at radius 1 is 1.04 bits per heavy atom. The topological polar surface area (TPSA) is 80.5 Å². The smallest absolute Gasteiger partial charge is 0.310 e. The molecular weight excluding hydrogens is 366 g/mol. The zero-order valence-corrected chi connectivity index (χ0v) is 17.5. The summed E-state index contributed by atoms with van der Waals surface area (Å²) >= 11 is 1.47. The second-order valence-electron chi connectivity index (χ2n) is 9.07. The van der Waals surface area contributed by atoms with E-state index in [1.807, 2.05) is 13.8 Å². The number of nitrogens with one attached hydrogen (secondary N) is 1. The van der Waals surface area contributed by atoms with Crippen LogP contribution >= 0.6 is 11.8 Å². The molecule has 1 N–H and O–H groups in total. The van der Waals surface area contributed by atoms with Crippen LogP contribution in [0.2, 0.25) is 0 Å². The van der Waals surface area contributed by atoms with Crippen LogP contribution in [0.15, 0.2) is 0 Å². The Labute approximate surface area is 165 Å². The van der Waals surface area contributed by atoms with E-state index in [0.29, 0.717) is 0 Å². The van der Waals surface area contributed by atoms with Gasteiger partial charge in [-0.3, -0.25) is 9.59 Å². The van der Waals surface area contributed by atoms with Crippen LogP contribution in [0.3, 0.4) is 0 Å². The zero-order chi connectivity index (χ0) is 19.4. The molecule has 0 aromatic heterocycles. The summed E-state index contributed by atoms with van der Waals surface area (Å²) in [5.74, 6) is -0.0813. The lowest BCUT2D eigenvalue weighted by Crippen LogP contribution is -2.39. The van der Waals surface area contributed by atoms with Gasteiger partial charge in [-0.05, 0) is 66.2 Å². The van der Waals surface area contributed by atoms with Crippen LogP contribution in [0.4, 0.5) is 0 Å². The molecule has 2 heterocycles. The zero-order valence-electron chi connectivity index (χ0n) is 16.7. The van der Waals surface area contributed by atoms with Crippen molar-refractivity contribution in [3.63, 3.8) is 0 Å². The van der Waals surface area contributed by atoms with E-state index in [-0.39, 0.29) is 57.9 Å². The Morgan fingerprint density at radius 2 is 1.59 bits per heavy atom. The molecule has 152 valence electrons. The number of epoxide rings is 2. The molecule has 2 aliphatic heterocycles. The van der Waals surface area contributed by atoms with E-state index in [4.69, 9.17) is 14.2 Å². The highest BCUT2D eigenvalue weighted by Gasteiger charge is 2.57. The number of esters is 1. The fourth-order valence-corrected chi connectivity index (χ4v) is 5.58. The van der Waals surface area contributed by atoms with Crippen molar-refractivity contribution in [1.82, 2.24) is 5.32 Å². The second kappa shape index (κ2) is 6.92. The molecule has 27 heavy (non-hydrogen) atoms. The van der Waals surface area contributed by atoms with Gasteiger partial charge < -0.3 is 19.5 Å². The highest BCUT2D eigenvalue weighted by atomic mass is 32.2. The summed E-state index contributed by atoms with van der Waals surface area (Å²) < 4.78 is 17.0. The Kier molecular flexibility index (Phi) is 5.00. The van der Waals surface area contributed by atoms with Crippen molar-refractivity contribution in [2.75, 3.05) is 0 Å². The Hall–Kier alpha value is -0.790. The number of amides is 1. The van der Waals surface area contributed by atoms with Gasteiger partial charge in [0.25, 0.3) is 0 Å². The van der Waals surface area contributed by atoms with E-state index < -0.39 is 0 Å². The first-order valence-electron chi connectivity index (χ1n) is 10.2. The molecule has 8 atom stereocenters. The van der Waals surface area contributed by atoms with Gasteiger partial charge in [0.1, 0.15) is 5.44 Å². The van der Waals surface area contributed by atoms with Gasteiger partial charge in [0.05, 0.1) is 34.7 Å². The fraction of sp³-hybridized carbons (Fsp3) is 0.900. The molecule has 7 heteroatoms. The van der Waals surface area contributed by atoms with E-state index in [1.165, 1.54) is 11.8 Å². The van der Waals surface area contributed by atoms with Gasteiger partial charge in [-0.25, -0.2) is 0 Å². The molecule has 0 spiro atoms. The maximum atomic E-state index is 12.5. The SMILES string of the molecule is CC(NC(=O)C1CCC2(C)OC2C1)SC(C)OC(=O)C1CCC2(C)OC2C1. The minimum Gasteiger partial charge on any atom is -0.451 e. The number of hydrogen-bond acceptors (Lipinski definition) is 6. The molecule has 2 aliphatic carbocycles. The van der Waals surface area contributed by atoms with Crippen molar-refractivity contribution >= 4 is 23.6 Å². The number of ether oxygens (including phenoxy) is 3. The first-order chi connectivity index (χ1) is 12.7. The number of carbonyl (C=O) groups is 2. The molecule has 0 bridgehead atoms. The van der Waals surface area contributed by atoms with Crippen molar-refractivity contribution in [1.29, 1.82) is 0 Å². The van der Waals surface area contributed by atoms with Gasteiger partial charge in [-0.2, -0.15) is 0 Å². The van der Waals surface area contributed by atoms with E-state index in [0.717, 1.165) is 38.5 Å². The number of fused-ring (bicyclic) bond motifs is 2. The lowest BCUT2D eigenvalue weighted by atomic mass is 9.82. The quantitative estimate of drug-likeness (QED) is 0.422. The average molecular weight is 398 g/mol.